The molecule has 8 rings (SSSR count). The van der Waals surface area contributed by atoms with Crippen molar-refractivity contribution in [2.75, 3.05) is 50.4 Å². The Morgan fingerprint density at radius 1 is 0.667 bits per heavy atom. The van der Waals surface area contributed by atoms with E-state index in [1.54, 1.807) is 64.7 Å². The Labute approximate surface area is 423 Å². The first kappa shape index (κ1) is 52.9. The van der Waals surface area contributed by atoms with E-state index in [2.05, 4.69) is 45.9 Å². The third-order valence-electron chi connectivity index (χ3n) is 14.0. The molecule has 2 saturated heterocycles. The van der Waals surface area contributed by atoms with Crippen LogP contribution in [0.1, 0.15) is 143 Å². The zero-order valence-corrected chi connectivity index (χ0v) is 44.1. The number of ether oxygens (including phenoxy) is 2. The van der Waals surface area contributed by atoms with Crippen LogP contribution in [0.2, 0.25) is 0 Å². The van der Waals surface area contributed by atoms with Crippen molar-refractivity contribution in [3.8, 4) is 22.8 Å². The lowest BCUT2D eigenvalue weighted by Crippen LogP contribution is -2.45. The summed E-state index contributed by atoms with van der Waals surface area (Å²) < 4.78 is 72.3. The Balaban J connectivity index is 0.921. The summed E-state index contributed by atoms with van der Waals surface area (Å²) in [5, 5.41) is 33.5. The average Bonchev–Trinajstić information content (AvgIpc) is 4.06. The van der Waals surface area contributed by atoms with Gasteiger partial charge in [0.15, 0.2) is 5.82 Å². The number of tetrazole rings is 2. The van der Waals surface area contributed by atoms with Crippen LogP contribution in [0.15, 0.2) is 46.2 Å². The number of carbonyl (C=O) groups excluding carboxylic acids is 2. The van der Waals surface area contributed by atoms with E-state index in [1.165, 1.54) is 24.7 Å². The van der Waals surface area contributed by atoms with Crippen LogP contribution < -0.4 is 20.1 Å². The Bertz CT molecular complexity index is 2750. The van der Waals surface area contributed by atoms with Gasteiger partial charge in [-0.2, -0.15) is 4.80 Å². The van der Waals surface area contributed by atoms with Gasteiger partial charge < -0.3 is 29.9 Å². The molecule has 22 nitrogen and oxygen atoms in total. The van der Waals surface area contributed by atoms with E-state index in [4.69, 9.17) is 14.6 Å². The maximum atomic E-state index is 14.0. The van der Waals surface area contributed by atoms with Crippen LogP contribution in [0.3, 0.4) is 0 Å². The largest absolute Gasteiger partial charge is 0.444 e. The van der Waals surface area contributed by atoms with E-state index in [0.29, 0.717) is 55.1 Å². The standard InChI is InChI=1S/C48H72N14O8S2/c1-47(2,3)69-45(63)60-28-14-20-36(32-60)62-55-43(53-57-62)39-29-38(22-23-41(39)51-33-15-9-7-10-16-33)72(67,68)50-26-25-48(4,5)70-46(64)59-27-13-19-35(31-59)61-44(54-56-58-61)40-30-37(71(65,66)49-6)21-24-42(40)52-34-17-11-8-12-18-34/h21-24,29-30,33-36,49-52H,7-20,25-28,31-32H2,1-6H3. The summed E-state index contributed by atoms with van der Waals surface area (Å²) in [5.74, 6) is 0.640. The fraction of sp³-hybridized carbons (Fsp3) is 0.667. The van der Waals surface area contributed by atoms with Crippen LogP contribution in [-0.4, -0.2) is 142 Å². The van der Waals surface area contributed by atoms with Gasteiger partial charge >= 0.3 is 12.2 Å². The topological polar surface area (TPSA) is 263 Å². The van der Waals surface area contributed by atoms with Crippen molar-refractivity contribution >= 4 is 43.6 Å². The fourth-order valence-corrected chi connectivity index (χ4v) is 11.8. The van der Waals surface area contributed by atoms with Crippen LogP contribution in [-0.2, 0) is 29.5 Å². The van der Waals surface area contributed by atoms with Crippen molar-refractivity contribution in [2.24, 2.45) is 0 Å². The number of benzene rings is 2. The van der Waals surface area contributed by atoms with Crippen LogP contribution >= 0.6 is 0 Å². The number of carbonyl (C=O) groups is 2. The summed E-state index contributed by atoms with van der Waals surface area (Å²) in [5.41, 5.74) is 0.771. The molecule has 2 aromatic carbocycles. The Morgan fingerprint density at radius 3 is 1.83 bits per heavy atom. The number of amides is 2. The molecular formula is C48H72N14O8S2. The molecule has 2 amide bonds. The van der Waals surface area contributed by atoms with E-state index in [1.807, 2.05) is 20.8 Å². The lowest BCUT2D eigenvalue weighted by atomic mass is 9.95. The lowest BCUT2D eigenvalue weighted by molar-refractivity contribution is 0.00259. The molecule has 2 aliphatic carbocycles. The molecule has 24 heteroatoms. The highest BCUT2D eigenvalue weighted by Gasteiger charge is 2.34. The van der Waals surface area contributed by atoms with Crippen LogP contribution in [0, 0.1) is 0 Å². The molecule has 2 unspecified atom stereocenters. The number of anilines is 2. The Morgan fingerprint density at radius 2 is 1.22 bits per heavy atom. The van der Waals surface area contributed by atoms with Gasteiger partial charge in [0.1, 0.15) is 11.2 Å². The second kappa shape index (κ2) is 22.3. The molecule has 72 heavy (non-hydrogen) atoms. The number of nitrogens with zero attached hydrogens (tertiary/aromatic N) is 10. The second-order valence-electron chi connectivity index (χ2n) is 21.2. The minimum Gasteiger partial charge on any atom is -0.444 e. The summed E-state index contributed by atoms with van der Waals surface area (Å²) >= 11 is 0. The smallest absolute Gasteiger partial charge is 0.410 e. The van der Waals surface area contributed by atoms with E-state index in [0.717, 1.165) is 69.9 Å². The highest BCUT2D eigenvalue weighted by molar-refractivity contribution is 7.89. The van der Waals surface area contributed by atoms with Gasteiger partial charge in [-0.1, -0.05) is 38.5 Å². The molecule has 4 heterocycles. The number of aromatic nitrogens is 8. The van der Waals surface area contributed by atoms with Gasteiger partial charge in [0, 0.05) is 73.7 Å². The monoisotopic (exact) mass is 1040 g/mol. The fourth-order valence-electron chi connectivity index (χ4n) is 10.0. The minimum absolute atomic E-state index is 0.0141. The van der Waals surface area contributed by atoms with Crippen molar-refractivity contribution in [3.05, 3.63) is 36.4 Å². The number of likely N-dealkylation sites (tertiary alicyclic amines) is 2. The first-order valence-electron chi connectivity index (χ1n) is 25.6. The van der Waals surface area contributed by atoms with Crippen molar-refractivity contribution < 1.29 is 35.9 Å². The van der Waals surface area contributed by atoms with Crippen molar-refractivity contribution in [1.29, 1.82) is 0 Å². The van der Waals surface area contributed by atoms with Gasteiger partial charge in [0.25, 0.3) is 0 Å². The first-order chi connectivity index (χ1) is 34.3. The average molecular weight is 1040 g/mol. The van der Waals surface area contributed by atoms with Crippen LogP contribution in [0.5, 0.6) is 0 Å². The molecule has 4 N–H and O–H groups in total. The molecular weight excluding hydrogens is 965 g/mol. The van der Waals surface area contributed by atoms with Crippen molar-refractivity contribution in [3.63, 3.8) is 0 Å². The maximum absolute atomic E-state index is 14.0. The number of sulfonamides is 2. The molecule has 2 atom stereocenters. The van der Waals surface area contributed by atoms with Gasteiger partial charge in [0.2, 0.25) is 25.9 Å². The zero-order valence-electron chi connectivity index (χ0n) is 42.5. The molecule has 2 saturated carbocycles. The van der Waals surface area contributed by atoms with Gasteiger partial charge in [-0.25, -0.2) is 40.6 Å². The van der Waals surface area contributed by atoms with Gasteiger partial charge in [0.05, 0.1) is 21.9 Å². The molecule has 0 spiro atoms. The lowest BCUT2D eigenvalue weighted by Gasteiger charge is -2.35. The number of piperidine rings is 2. The quantitative estimate of drug-likeness (QED) is 0.0891. The molecule has 2 aromatic heterocycles. The molecule has 4 fully saturated rings. The molecule has 394 valence electrons. The number of hydrogen-bond donors (Lipinski definition) is 4. The molecule has 4 aromatic rings. The van der Waals surface area contributed by atoms with Gasteiger partial charge in [-0.05, 0) is 145 Å². The van der Waals surface area contributed by atoms with E-state index in [-0.39, 0.29) is 59.3 Å². The second-order valence-corrected chi connectivity index (χ2v) is 24.9. The third kappa shape index (κ3) is 13.2. The SMILES string of the molecule is CNS(=O)(=O)c1ccc(NC2CCCCC2)c(-c2nnnn2C2CCCN(C(=O)OC(C)(C)CCNS(=O)(=O)c3ccc(NC4CCCCC4)c(-c4nnn(C5CCCN(C(=O)OC(C)(C)C)C5)n4)c3)C2)c1. The predicted molar refractivity (Wildman–Crippen MR) is 270 cm³/mol. The summed E-state index contributed by atoms with van der Waals surface area (Å²) in [4.78, 5) is 31.6. The summed E-state index contributed by atoms with van der Waals surface area (Å²) in [6.45, 7) is 10.5. The van der Waals surface area contributed by atoms with Crippen molar-refractivity contribution in [1.82, 2.24) is 59.7 Å². The maximum Gasteiger partial charge on any atom is 0.410 e. The molecule has 0 bridgehead atoms. The summed E-state index contributed by atoms with van der Waals surface area (Å²) in [7, 11) is -6.49. The highest BCUT2D eigenvalue weighted by Crippen LogP contribution is 2.36. The zero-order chi connectivity index (χ0) is 51.3. The van der Waals surface area contributed by atoms with Gasteiger partial charge in [-0.3, -0.25) is 0 Å². The third-order valence-corrected chi connectivity index (χ3v) is 16.8. The highest BCUT2D eigenvalue weighted by atomic mass is 32.2. The predicted octanol–water partition coefficient (Wildman–Crippen LogP) is 6.88. The normalized spacial score (nSPS) is 20.0. The minimum atomic E-state index is -4.07. The van der Waals surface area contributed by atoms with E-state index < -0.39 is 43.4 Å². The first-order valence-corrected chi connectivity index (χ1v) is 28.5. The van der Waals surface area contributed by atoms with Crippen LogP contribution in [0.25, 0.3) is 22.8 Å². The van der Waals surface area contributed by atoms with Crippen LogP contribution in [0.4, 0.5) is 21.0 Å². The Kier molecular flexibility index (Phi) is 16.4. The number of hydrogen-bond acceptors (Lipinski definition) is 16. The summed E-state index contributed by atoms with van der Waals surface area (Å²) in [6, 6.07) is 9.64. The molecule has 0 radical (unpaired) electrons. The number of nitrogens with one attached hydrogen (secondary N) is 4. The van der Waals surface area contributed by atoms with E-state index in [9.17, 15) is 26.4 Å². The molecule has 2 aliphatic heterocycles. The Hall–Kier alpha value is -5.46. The molecule has 4 aliphatic rings. The number of rotatable bonds is 16. The van der Waals surface area contributed by atoms with Crippen molar-refractivity contribution in [2.45, 2.75) is 176 Å². The summed E-state index contributed by atoms with van der Waals surface area (Å²) in [6.07, 6.45) is 12.7. The van der Waals surface area contributed by atoms with Gasteiger partial charge in [-0.15, -0.1) is 15.3 Å². The van der Waals surface area contributed by atoms with E-state index >= 15 is 0 Å².